The Labute approximate surface area is 147 Å². The molecule has 2 aliphatic heterocycles. The number of carbonyl (C=O) groups excluding carboxylic acids is 2. The second-order valence-electron chi connectivity index (χ2n) is 6.40. The van der Waals surface area contributed by atoms with Crippen LogP contribution in [0.25, 0.3) is 0 Å². The van der Waals surface area contributed by atoms with Crippen LogP contribution in [-0.2, 0) is 11.3 Å². The first-order valence-electron chi connectivity index (χ1n) is 8.79. The van der Waals surface area contributed by atoms with E-state index in [-0.39, 0.29) is 11.9 Å². The molecular weight excluding hydrogens is 322 g/mol. The van der Waals surface area contributed by atoms with E-state index >= 15 is 0 Å². The number of nitrogens with one attached hydrogen (secondary N) is 1. The number of amides is 3. The summed E-state index contributed by atoms with van der Waals surface area (Å²) in [6, 6.07) is 5.61. The van der Waals surface area contributed by atoms with Gasteiger partial charge in [-0.15, -0.1) is 0 Å². The highest BCUT2D eigenvalue weighted by Gasteiger charge is 2.19. The number of hydrogen-bond acceptors (Lipinski definition) is 4. The van der Waals surface area contributed by atoms with Crippen molar-refractivity contribution in [1.29, 1.82) is 0 Å². The summed E-state index contributed by atoms with van der Waals surface area (Å²) in [4.78, 5) is 27.2. The molecule has 0 radical (unpaired) electrons. The number of ether oxygens (including phenoxy) is 2. The quantitative estimate of drug-likeness (QED) is 0.794. The van der Waals surface area contributed by atoms with Crippen molar-refractivity contribution in [2.24, 2.45) is 0 Å². The van der Waals surface area contributed by atoms with Gasteiger partial charge in [0.05, 0.1) is 0 Å². The predicted octanol–water partition coefficient (Wildman–Crippen LogP) is 1.61. The molecule has 0 saturated carbocycles. The Bertz CT molecular complexity index is 635. The molecule has 2 heterocycles. The number of urea groups is 1. The van der Waals surface area contributed by atoms with Gasteiger partial charge >= 0.3 is 6.03 Å². The highest BCUT2D eigenvalue weighted by molar-refractivity contribution is 5.78. The molecular formula is C18H25N3O4. The van der Waals surface area contributed by atoms with Crippen LogP contribution in [0.5, 0.6) is 11.5 Å². The van der Waals surface area contributed by atoms with Gasteiger partial charge in [-0.3, -0.25) is 4.79 Å². The molecule has 0 unspecified atom stereocenters. The molecule has 0 aliphatic carbocycles. The summed E-state index contributed by atoms with van der Waals surface area (Å²) < 4.78 is 11.1. The predicted molar refractivity (Wildman–Crippen MR) is 92.7 cm³/mol. The fourth-order valence-corrected chi connectivity index (χ4v) is 3.07. The van der Waals surface area contributed by atoms with Crippen LogP contribution >= 0.6 is 0 Å². The third-order valence-corrected chi connectivity index (χ3v) is 4.43. The maximum absolute atomic E-state index is 12.2. The summed E-state index contributed by atoms with van der Waals surface area (Å²) in [7, 11) is 1.76. The van der Waals surface area contributed by atoms with Gasteiger partial charge in [-0.25, -0.2) is 4.79 Å². The summed E-state index contributed by atoms with van der Waals surface area (Å²) in [5.74, 6) is 1.70. The highest BCUT2D eigenvalue weighted by atomic mass is 16.6. The molecule has 1 saturated heterocycles. The molecule has 0 spiro atoms. The lowest BCUT2D eigenvalue weighted by Crippen LogP contribution is -2.38. The molecule has 1 aromatic rings. The number of rotatable bonds is 6. The van der Waals surface area contributed by atoms with Crippen LogP contribution in [0.4, 0.5) is 4.79 Å². The van der Waals surface area contributed by atoms with Crippen molar-refractivity contribution in [3.05, 3.63) is 23.8 Å². The molecule has 7 nitrogen and oxygen atoms in total. The standard InChI is InChI=1S/C18H25N3O4/c1-20(13-14-5-6-15-16(12-14)25-11-10-24-15)18(23)19-7-3-9-21-8-2-4-17(21)22/h5-6,12H,2-4,7-11,13H2,1H3,(H,19,23). The maximum Gasteiger partial charge on any atom is 0.317 e. The van der Waals surface area contributed by atoms with Crippen LogP contribution in [0.15, 0.2) is 18.2 Å². The molecule has 3 rings (SSSR count). The van der Waals surface area contributed by atoms with Crippen molar-refractivity contribution >= 4 is 11.9 Å². The van der Waals surface area contributed by atoms with Crippen molar-refractivity contribution in [2.45, 2.75) is 25.8 Å². The zero-order chi connectivity index (χ0) is 17.6. The molecule has 3 amide bonds. The Morgan fingerprint density at radius 2 is 2.08 bits per heavy atom. The number of likely N-dealkylation sites (tertiary alicyclic amines) is 1. The first-order chi connectivity index (χ1) is 12.1. The molecule has 25 heavy (non-hydrogen) atoms. The minimum Gasteiger partial charge on any atom is -0.486 e. The Balaban J connectivity index is 1.40. The van der Waals surface area contributed by atoms with Gasteiger partial charge in [0.2, 0.25) is 5.91 Å². The summed E-state index contributed by atoms with van der Waals surface area (Å²) in [6.07, 6.45) is 2.38. The van der Waals surface area contributed by atoms with E-state index in [1.165, 1.54) is 0 Å². The number of nitrogens with zero attached hydrogens (tertiary/aromatic N) is 2. The first kappa shape index (κ1) is 17.4. The van der Waals surface area contributed by atoms with Gasteiger partial charge in [-0.05, 0) is 30.5 Å². The molecule has 0 aromatic heterocycles. The lowest BCUT2D eigenvalue weighted by atomic mass is 10.2. The van der Waals surface area contributed by atoms with E-state index in [9.17, 15) is 9.59 Å². The third-order valence-electron chi connectivity index (χ3n) is 4.43. The Morgan fingerprint density at radius 1 is 1.28 bits per heavy atom. The van der Waals surface area contributed by atoms with Gasteiger partial charge in [-0.2, -0.15) is 0 Å². The average Bonchev–Trinajstić information content (AvgIpc) is 3.03. The summed E-state index contributed by atoms with van der Waals surface area (Å²) in [5.41, 5.74) is 0.990. The molecule has 0 bridgehead atoms. The van der Waals surface area contributed by atoms with E-state index in [0.29, 0.717) is 39.3 Å². The highest BCUT2D eigenvalue weighted by Crippen LogP contribution is 2.31. The van der Waals surface area contributed by atoms with Gasteiger partial charge in [0.25, 0.3) is 0 Å². The largest absolute Gasteiger partial charge is 0.486 e. The second kappa shape index (κ2) is 8.09. The fraction of sp³-hybridized carbons (Fsp3) is 0.556. The van der Waals surface area contributed by atoms with E-state index in [1.54, 1.807) is 11.9 Å². The van der Waals surface area contributed by atoms with E-state index in [0.717, 1.165) is 36.4 Å². The van der Waals surface area contributed by atoms with Crippen molar-refractivity contribution in [3.8, 4) is 11.5 Å². The molecule has 1 N–H and O–H groups in total. The van der Waals surface area contributed by atoms with Crippen LogP contribution in [0.2, 0.25) is 0 Å². The summed E-state index contributed by atoms with van der Waals surface area (Å²) >= 11 is 0. The van der Waals surface area contributed by atoms with Crippen molar-refractivity contribution in [1.82, 2.24) is 15.1 Å². The minimum atomic E-state index is -0.123. The lowest BCUT2D eigenvalue weighted by molar-refractivity contribution is -0.127. The lowest BCUT2D eigenvalue weighted by Gasteiger charge is -2.22. The Hall–Kier alpha value is -2.44. The second-order valence-corrected chi connectivity index (χ2v) is 6.40. The normalized spacial score (nSPS) is 16.0. The van der Waals surface area contributed by atoms with Gasteiger partial charge in [0.15, 0.2) is 11.5 Å². The molecule has 0 atom stereocenters. The van der Waals surface area contributed by atoms with E-state index < -0.39 is 0 Å². The van der Waals surface area contributed by atoms with Crippen LogP contribution in [-0.4, -0.2) is 61.6 Å². The molecule has 2 aliphatic rings. The molecule has 7 heteroatoms. The zero-order valence-corrected chi connectivity index (χ0v) is 14.6. The van der Waals surface area contributed by atoms with E-state index in [4.69, 9.17) is 9.47 Å². The van der Waals surface area contributed by atoms with Crippen LogP contribution < -0.4 is 14.8 Å². The first-order valence-corrected chi connectivity index (χ1v) is 8.79. The zero-order valence-electron chi connectivity index (χ0n) is 14.6. The van der Waals surface area contributed by atoms with Gasteiger partial charge in [-0.1, -0.05) is 6.07 Å². The van der Waals surface area contributed by atoms with Gasteiger partial charge in [0, 0.05) is 39.6 Å². The SMILES string of the molecule is CN(Cc1ccc2c(c1)OCCO2)C(=O)NCCCN1CCCC1=O. The number of hydrogen-bond donors (Lipinski definition) is 1. The minimum absolute atomic E-state index is 0.123. The topological polar surface area (TPSA) is 71.1 Å². The summed E-state index contributed by atoms with van der Waals surface area (Å²) in [5, 5.41) is 2.90. The Kier molecular flexibility index (Phi) is 5.63. The number of benzene rings is 1. The van der Waals surface area contributed by atoms with E-state index in [1.807, 2.05) is 23.1 Å². The number of carbonyl (C=O) groups is 2. The molecule has 1 aromatic carbocycles. The van der Waals surface area contributed by atoms with Crippen molar-refractivity contribution in [2.75, 3.05) is 39.9 Å². The molecule has 1 fully saturated rings. The maximum atomic E-state index is 12.2. The van der Waals surface area contributed by atoms with E-state index in [2.05, 4.69) is 5.32 Å². The van der Waals surface area contributed by atoms with Crippen molar-refractivity contribution < 1.29 is 19.1 Å². The fourth-order valence-electron chi connectivity index (χ4n) is 3.07. The number of fused-ring (bicyclic) bond motifs is 1. The average molecular weight is 347 g/mol. The van der Waals surface area contributed by atoms with Crippen molar-refractivity contribution in [3.63, 3.8) is 0 Å². The van der Waals surface area contributed by atoms with Crippen LogP contribution in [0.1, 0.15) is 24.8 Å². The molecule has 136 valence electrons. The summed E-state index contributed by atoms with van der Waals surface area (Å²) in [6.45, 7) is 3.73. The third kappa shape index (κ3) is 4.55. The Morgan fingerprint density at radius 3 is 2.84 bits per heavy atom. The van der Waals surface area contributed by atoms with Gasteiger partial charge in [0.1, 0.15) is 13.2 Å². The van der Waals surface area contributed by atoms with Crippen LogP contribution in [0.3, 0.4) is 0 Å². The van der Waals surface area contributed by atoms with Crippen LogP contribution in [0, 0.1) is 0 Å². The monoisotopic (exact) mass is 347 g/mol. The smallest absolute Gasteiger partial charge is 0.317 e. The van der Waals surface area contributed by atoms with Gasteiger partial charge < -0.3 is 24.6 Å².